The summed E-state index contributed by atoms with van der Waals surface area (Å²) in [5.41, 5.74) is 8.43. The zero-order chi connectivity index (χ0) is 22.0. The van der Waals surface area contributed by atoms with Crippen LogP contribution in [0.15, 0.2) is 5.11 Å². The van der Waals surface area contributed by atoms with E-state index in [2.05, 4.69) is 23.9 Å². The van der Waals surface area contributed by atoms with Gasteiger partial charge in [-0.05, 0) is 17.9 Å². The molecule has 0 aromatic rings. The van der Waals surface area contributed by atoms with E-state index in [1.54, 1.807) is 0 Å². The highest BCUT2D eigenvalue weighted by atomic mass is 15.1. The number of azide groups is 1. The van der Waals surface area contributed by atoms with Crippen molar-refractivity contribution in [2.75, 3.05) is 6.54 Å². The Morgan fingerprint density at radius 3 is 1.20 bits per heavy atom. The van der Waals surface area contributed by atoms with Gasteiger partial charge in [0, 0.05) is 11.5 Å². The molecule has 0 N–H and O–H groups in total. The maximum absolute atomic E-state index is 8.43. The summed E-state index contributed by atoms with van der Waals surface area (Å²) < 4.78 is 0. The summed E-state index contributed by atoms with van der Waals surface area (Å²) in [5, 5.41) is 3.69. The fourth-order valence-electron chi connectivity index (χ4n) is 4.58. The minimum absolute atomic E-state index is 0.680. The molecule has 3 nitrogen and oxygen atoms in total. The molecule has 0 heterocycles. The maximum atomic E-state index is 8.43. The lowest BCUT2D eigenvalue weighted by Gasteiger charge is -2.17. The second kappa shape index (κ2) is 26.3. The van der Waals surface area contributed by atoms with Crippen LogP contribution in [0.1, 0.15) is 162 Å². The number of hydrogen-bond acceptors (Lipinski definition) is 1. The molecule has 0 amide bonds. The van der Waals surface area contributed by atoms with Crippen LogP contribution in [0.25, 0.3) is 10.4 Å². The van der Waals surface area contributed by atoms with E-state index in [0.29, 0.717) is 6.54 Å². The molecule has 0 spiro atoms. The molecule has 0 aliphatic carbocycles. The molecular formula is C27H55N3. The van der Waals surface area contributed by atoms with E-state index in [0.717, 1.165) is 12.3 Å². The molecule has 0 aromatic heterocycles. The highest BCUT2D eigenvalue weighted by Crippen LogP contribution is 2.24. The van der Waals surface area contributed by atoms with Gasteiger partial charge in [0.1, 0.15) is 0 Å². The number of nitrogens with zero attached hydrogens (tertiary/aromatic N) is 3. The van der Waals surface area contributed by atoms with Gasteiger partial charge >= 0.3 is 0 Å². The van der Waals surface area contributed by atoms with Gasteiger partial charge in [0.05, 0.1) is 0 Å². The van der Waals surface area contributed by atoms with Gasteiger partial charge in [-0.15, -0.1) is 0 Å². The first-order valence-electron chi connectivity index (χ1n) is 13.9. The van der Waals surface area contributed by atoms with E-state index >= 15 is 0 Å². The largest absolute Gasteiger partial charge is 0.0940 e. The lowest BCUT2D eigenvalue weighted by atomic mass is 9.90. The van der Waals surface area contributed by atoms with Gasteiger partial charge in [0.25, 0.3) is 0 Å². The molecule has 1 unspecified atom stereocenters. The van der Waals surface area contributed by atoms with E-state index < -0.39 is 0 Å². The average Bonchev–Trinajstić information content (AvgIpc) is 2.76. The highest BCUT2D eigenvalue weighted by Gasteiger charge is 2.08. The SMILES string of the molecule is CCCCCCCCCCCCC(CCCCCCCCCC)CCCCN=[N+]=[N-]. The molecule has 0 fully saturated rings. The standard InChI is InChI=1S/C27H55N3/c1-3-5-7-9-11-13-14-16-18-20-24-27(25-21-22-26-29-30-28)23-19-17-15-12-10-8-6-4-2/h27H,3-26H2,1-2H3. The van der Waals surface area contributed by atoms with E-state index in [-0.39, 0.29) is 0 Å². The van der Waals surface area contributed by atoms with Gasteiger partial charge in [-0.3, -0.25) is 0 Å². The molecule has 3 heteroatoms. The van der Waals surface area contributed by atoms with Crippen LogP contribution in [0.4, 0.5) is 0 Å². The van der Waals surface area contributed by atoms with Gasteiger partial charge < -0.3 is 0 Å². The lowest BCUT2D eigenvalue weighted by molar-refractivity contribution is 0.369. The molecule has 0 saturated heterocycles. The predicted octanol–water partition coefficient (Wildman–Crippen LogP) is 10.9. The minimum Gasteiger partial charge on any atom is -0.0940 e. The Morgan fingerprint density at radius 1 is 0.500 bits per heavy atom. The van der Waals surface area contributed by atoms with Crippen LogP contribution < -0.4 is 0 Å². The quantitative estimate of drug-likeness (QED) is 0.0609. The van der Waals surface area contributed by atoms with Gasteiger partial charge in [-0.2, -0.15) is 0 Å². The van der Waals surface area contributed by atoms with E-state index in [1.807, 2.05) is 0 Å². The third kappa shape index (κ3) is 23.6. The first-order chi connectivity index (χ1) is 14.8. The normalized spacial score (nSPS) is 12.1. The van der Waals surface area contributed by atoms with Crippen molar-refractivity contribution in [2.45, 2.75) is 162 Å². The molecule has 0 rings (SSSR count). The molecule has 1 atom stereocenters. The van der Waals surface area contributed by atoms with E-state index in [1.165, 1.54) is 141 Å². The van der Waals surface area contributed by atoms with Crippen LogP contribution in [-0.4, -0.2) is 6.54 Å². The Kier molecular flexibility index (Phi) is 25.7. The molecule has 0 bridgehead atoms. The Balaban J connectivity index is 3.77. The van der Waals surface area contributed by atoms with Crippen LogP contribution in [0, 0.1) is 5.92 Å². The Bertz CT molecular complexity index is 363. The zero-order valence-corrected chi connectivity index (χ0v) is 20.9. The smallest absolute Gasteiger partial charge is 0.0257 e. The van der Waals surface area contributed by atoms with Crippen molar-refractivity contribution in [3.05, 3.63) is 10.4 Å². The van der Waals surface area contributed by atoms with E-state index in [9.17, 15) is 0 Å². The third-order valence-corrected chi connectivity index (χ3v) is 6.62. The Hall–Kier alpha value is -0.690. The van der Waals surface area contributed by atoms with Crippen LogP contribution in [0.3, 0.4) is 0 Å². The summed E-state index contributed by atoms with van der Waals surface area (Å²) in [6.07, 6.45) is 32.2. The molecule has 30 heavy (non-hydrogen) atoms. The van der Waals surface area contributed by atoms with Crippen molar-refractivity contribution >= 4 is 0 Å². The molecule has 0 radical (unpaired) electrons. The van der Waals surface area contributed by atoms with Crippen LogP contribution in [-0.2, 0) is 0 Å². The molecule has 0 saturated carbocycles. The van der Waals surface area contributed by atoms with Gasteiger partial charge in [-0.1, -0.05) is 160 Å². The summed E-state index contributed by atoms with van der Waals surface area (Å²) in [6, 6.07) is 0. The summed E-state index contributed by atoms with van der Waals surface area (Å²) in [5.74, 6) is 0.908. The second-order valence-electron chi connectivity index (χ2n) is 9.55. The topological polar surface area (TPSA) is 48.8 Å². The van der Waals surface area contributed by atoms with Gasteiger partial charge in [-0.25, -0.2) is 0 Å². The molecule has 0 aromatic carbocycles. The molecule has 0 aliphatic rings. The van der Waals surface area contributed by atoms with Crippen LogP contribution >= 0.6 is 0 Å². The Morgan fingerprint density at radius 2 is 0.833 bits per heavy atom. The monoisotopic (exact) mass is 421 g/mol. The minimum atomic E-state index is 0.680. The average molecular weight is 422 g/mol. The fourth-order valence-corrected chi connectivity index (χ4v) is 4.58. The van der Waals surface area contributed by atoms with Crippen molar-refractivity contribution in [1.82, 2.24) is 0 Å². The van der Waals surface area contributed by atoms with Crippen molar-refractivity contribution < 1.29 is 0 Å². The summed E-state index contributed by atoms with van der Waals surface area (Å²) >= 11 is 0. The first kappa shape index (κ1) is 29.3. The summed E-state index contributed by atoms with van der Waals surface area (Å²) in [6.45, 7) is 5.27. The number of hydrogen-bond donors (Lipinski definition) is 0. The lowest BCUT2D eigenvalue weighted by Crippen LogP contribution is -2.02. The van der Waals surface area contributed by atoms with E-state index in [4.69, 9.17) is 5.53 Å². The van der Waals surface area contributed by atoms with Crippen molar-refractivity contribution in [3.8, 4) is 0 Å². The van der Waals surface area contributed by atoms with Crippen LogP contribution in [0.5, 0.6) is 0 Å². The predicted molar refractivity (Wildman–Crippen MR) is 135 cm³/mol. The zero-order valence-electron chi connectivity index (χ0n) is 20.9. The van der Waals surface area contributed by atoms with Gasteiger partial charge in [0.15, 0.2) is 0 Å². The maximum Gasteiger partial charge on any atom is 0.0257 e. The Labute approximate surface area is 189 Å². The summed E-state index contributed by atoms with van der Waals surface area (Å²) in [7, 11) is 0. The van der Waals surface area contributed by atoms with Crippen molar-refractivity contribution in [2.24, 2.45) is 11.0 Å². The molecular weight excluding hydrogens is 366 g/mol. The van der Waals surface area contributed by atoms with Crippen molar-refractivity contribution in [3.63, 3.8) is 0 Å². The highest BCUT2D eigenvalue weighted by molar-refractivity contribution is 4.62. The third-order valence-electron chi connectivity index (χ3n) is 6.62. The molecule has 178 valence electrons. The molecule has 0 aliphatic heterocycles. The first-order valence-corrected chi connectivity index (χ1v) is 13.9. The van der Waals surface area contributed by atoms with Gasteiger partial charge in [0.2, 0.25) is 0 Å². The summed E-state index contributed by atoms with van der Waals surface area (Å²) in [4.78, 5) is 2.88. The number of unbranched alkanes of at least 4 members (excludes halogenated alkanes) is 17. The second-order valence-corrected chi connectivity index (χ2v) is 9.55. The number of rotatable bonds is 25. The van der Waals surface area contributed by atoms with Crippen molar-refractivity contribution in [1.29, 1.82) is 0 Å². The van der Waals surface area contributed by atoms with Crippen LogP contribution in [0.2, 0.25) is 0 Å². The fraction of sp³-hybridized carbons (Fsp3) is 1.00.